The van der Waals surface area contributed by atoms with Crippen LogP contribution in [0.2, 0.25) is 0 Å². The Balaban J connectivity index is 1.80. The molecule has 114 valence electrons. The lowest BCUT2D eigenvalue weighted by Crippen LogP contribution is -2.42. The van der Waals surface area contributed by atoms with Crippen LogP contribution in [0.5, 0.6) is 0 Å². The van der Waals surface area contributed by atoms with E-state index in [-0.39, 0.29) is 12.5 Å². The lowest BCUT2D eigenvalue weighted by atomic mass is 10.0. The molecule has 0 aromatic rings. The van der Waals surface area contributed by atoms with Crippen LogP contribution < -0.4 is 0 Å². The molecule has 20 heavy (non-hydrogen) atoms. The molecular formula is C15H26N2O3. The molecule has 2 saturated heterocycles. The first-order valence-corrected chi connectivity index (χ1v) is 7.82. The number of aliphatic carboxylic acids is 1. The maximum Gasteiger partial charge on any atom is 0.320 e. The number of likely N-dealkylation sites (tertiary alicyclic amines) is 2. The van der Waals surface area contributed by atoms with Gasteiger partial charge in [-0.25, -0.2) is 4.79 Å². The smallest absolute Gasteiger partial charge is 0.320 e. The largest absolute Gasteiger partial charge is 0.481 e. The zero-order chi connectivity index (χ0) is 14.5. The van der Waals surface area contributed by atoms with Crippen LogP contribution in [0.3, 0.4) is 0 Å². The highest BCUT2D eigenvalue weighted by Gasteiger charge is 2.30. The minimum absolute atomic E-state index is 0.164. The number of nitrogens with zero attached hydrogens (tertiary/aromatic N) is 2. The van der Waals surface area contributed by atoms with E-state index in [0.717, 1.165) is 51.4 Å². The molecule has 2 aliphatic heterocycles. The third-order valence-electron chi connectivity index (χ3n) is 4.61. The molecule has 0 saturated carbocycles. The molecule has 2 heterocycles. The molecule has 2 fully saturated rings. The Bertz CT molecular complexity index is 359. The van der Waals surface area contributed by atoms with Gasteiger partial charge in [0, 0.05) is 32.6 Å². The molecule has 0 radical (unpaired) electrons. The third-order valence-corrected chi connectivity index (χ3v) is 4.61. The van der Waals surface area contributed by atoms with E-state index in [9.17, 15) is 9.59 Å². The zero-order valence-electron chi connectivity index (χ0n) is 12.4. The fourth-order valence-electron chi connectivity index (χ4n) is 3.22. The highest BCUT2D eigenvalue weighted by Crippen LogP contribution is 2.24. The van der Waals surface area contributed by atoms with Crippen LogP contribution >= 0.6 is 0 Å². The topological polar surface area (TPSA) is 60.9 Å². The van der Waals surface area contributed by atoms with Gasteiger partial charge in [0.15, 0.2) is 0 Å². The molecule has 0 spiro atoms. The summed E-state index contributed by atoms with van der Waals surface area (Å²) in [6.07, 6.45) is 5.27. The van der Waals surface area contributed by atoms with E-state index >= 15 is 0 Å². The standard InChI is InChI=1S/C15H26N2O3/c1-12-3-2-8-16(9-6-12)15(20)17-10-7-13(11-17)4-5-14(18)19/h12-13H,2-11H2,1H3,(H,18,19). The van der Waals surface area contributed by atoms with Crippen LogP contribution in [-0.2, 0) is 4.79 Å². The highest BCUT2D eigenvalue weighted by atomic mass is 16.4. The van der Waals surface area contributed by atoms with E-state index in [2.05, 4.69) is 6.92 Å². The summed E-state index contributed by atoms with van der Waals surface area (Å²) in [6.45, 7) is 5.52. The van der Waals surface area contributed by atoms with Crippen molar-refractivity contribution in [1.82, 2.24) is 9.80 Å². The average Bonchev–Trinajstić information content (AvgIpc) is 2.78. The number of carboxylic acids is 1. The van der Waals surface area contributed by atoms with Gasteiger partial charge in [0.05, 0.1) is 0 Å². The molecule has 2 unspecified atom stereocenters. The molecule has 5 heteroatoms. The summed E-state index contributed by atoms with van der Waals surface area (Å²) >= 11 is 0. The van der Waals surface area contributed by atoms with Crippen LogP contribution in [0.4, 0.5) is 4.79 Å². The summed E-state index contributed by atoms with van der Waals surface area (Å²) in [7, 11) is 0. The van der Waals surface area contributed by atoms with Crippen LogP contribution in [0, 0.1) is 11.8 Å². The first-order chi connectivity index (χ1) is 9.56. The second kappa shape index (κ2) is 6.95. The molecule has 0 aromatic carbocycles. The Morgan fingerprint density at radius 3 is 2.60 bits per heavy atom. The monoisotopic (exact) mass is 282 g/mol. The molecule has 2 atom stereocenters. The van der Waals surface area contributed by atoms with E-state index in [1.807, 2.05) is 9.80 Å². The van der Waals surface area contributed by atoms with Crippen LogP contribution in [0.1, 0.15) is 45.4 Å². The fraction of sp³-hybridized carbons (Fsp3) is 0.867. The lowest BCUT2D eigenvalue weighted by Gasteiger charge is -2.27. The van der Waals surface area contributed by atoms with Crippen molar-refractivity contribution in [2.75, 3.05) is 26.2 Å². The summed E-state index contributed by atoms with van der Waals surface area (Å²) in [5, 5.41) is 8.72. The average molecular weight is 282 g/mol. The number of carbonyl (C=O) groups is 2. The molecule has 0 bridgehead atoms. The molecular weight excluding hydrogens is 256 g/mol. The van der Waals surface area contributed by atoms with Crippen molar-refractivity contribution in [3.05, 3.63) is 0 Å². The minimum atomic E-state index is -0.740. The number of urea groups is 1. The SMILES string of the molecule is CC1CCCN(C(=O)N2CCC(CCC(=O)O)C2)CC1. The van der Waals surface area contributed by atoms with Gasteiger partial charge in [0.2, 0.25) is 0 Å². The Hall–Kier alpha value is -1.26. The second-order valence-corrected chi connectivity index (χ2v) is 6.34. The van der Waals surface area contributed by atoms with E-state index in [4.69, 9.17) is 5.11 Å². The van der Waals surface area contributed by atoms with Crippen LogP contribution in [-0.4, -0.2) is 53.1 Å². The molecule has 2 amide bonds. The van der Waals surface area contributed by atoms with Crippen molar-refractivity contribution in [3.8, 4) is 0 Å². The summed E-state index contributed by atoms with van der Waals surface area (Å²) in [4.78, 5) is 27.0. The first-order valence-electron chi connectivity index (χ1n) is 7.82. The summed E-state index contributed by atoms with van der Waals surface area (Å²) in [5.74, 6) is 0.340. The lowest BCUT2D eigenvalue weighted by molar-refractivity contribution is -0.137. The fourth-order valence-corrected chi connectivity index (χ4v) is 3.22. The van der Waals surface area contributed by atoms with Crippen molar-refractivity contribution in [3.63, 3.8) is 0 Å². The highest BCUT2D eigenvalue weighted by molar-refractivity contribution is 5.74. The quantitative estimate of drug-likeness (QED) is 0.864. The number of hydrogen-bond acceptors (Lipinski definition) is 2. The van der Waals surface area contributed by atoms with Crippen LogP contribution in [0.15, 0.2) is 0 Å². The van der Waals surface area contributed by atoms with E-state index in [1.54, 1.807) is 0 Å². The number of rotatable bonds is 3. The predicted molar refractivity (Wildman–Crippen MR) is 76.5 cm³/mol. The van der Waals surface area contributed by atoms with Gasteiger partial charge in [-0.15, -0.1) is 0 Å². The van der Waals surface area contributed by atoms with Crippen molar-refractivity contribution >= 4 is 12.0 Å². The summed E-state index contributed by atoms with van der Waals surface area (Å²) in [6, 6.07) is 0.164. The Morgan fingerprint density at radius 1 is 1.10 bits per heavy atom. The van der Waals surface area contributed by atoms with E-state index in [0.29, 0.717) is 12.3 Å². The number of hydrogen-bond donors (Lipinski definition) is 1. The second-order valence-electron chi connectivity index (χ2n) is 6.34. The molecule has 5 nitrogen and oxygen atoms in total. The van der Waals surface area contributed by atoms with Crippen molar-refractivity contribution in [2.45, 2.75) is 45.4 Å². The van der Waals surface area contributed by atoms with Gasteiger partial charge in [0.1, 0.15) is 0 Å². The zero-order valence-corrected chi connectivity index (χ0v) is 12.4. The molecule has 2 aliphatic rings. The Labute approximate surface area is 120 Å². The summed E-state index contributed by atoms with van der Waals surface area (Å²) in [5.41, 5.74) is 0. The van der Waals surface area contributed by atoms with Gasteiger partial charge < -0.3 is 14.9 Å². The van der Waals surface area contributed by atoms with Gasteiger partial charge in [0.25, 0.3) is 0 Å². The maximum absolute atomic E-state index is 12.5. The summed E-state index contributed by atoms with van der Waals surface area (Å²) < 4.78 is 0. The maximum atomic E-state index is 12.5. The van der Waals surface area contributed by atoms with Crippen molar-refractivity contribution in [1.29, 1.82) is 0 Å². The van der Waals surface area contributed by atoms with Crippen molar-refractivity contribution in [2.24, 2.45) is 11.8 Å². The van der Waals surface area contributed by atoms with Gasteiger partial charge in [-0.1, -0.05) is 6.92 Å². The van der Waals surface area contributed by atoms with Gasteiger partial charge in [-0.3, -0.25) is 4.79 Å². The van der Waals surface area contributed by atoms with Gasteiger partial charge >= 0.3 is 12.0 Å². The third kappa shape index (κ3) is 4.12. The molecule has 0 aromatic heterocycles. The Kier molecular flexibility index (Phi) is 5.26. The predicted octanol–water partition coefficient (Wildman–Crippen LogP) is 2.42. The Morgan fingerprint density at radius 2 is 1.85 bits per heavy atom. The normalized spacial score (nSPS) is 27.4. The number of carbonyl (C=O) groups excluding carboxylic acids is 1. The molecule has 0 aliphatic carbocycles. The van der Waals surface area contributed by atoms with Crippen LogP contribution in [0.25, 0.3) is 0 Å². The molecule has 2 rings (SSSR count). The van der Waals surface area contributed by atoms with Crippen molar-refractivity contribution < 1.29 is 14.7 Å². The minimum Gasteiger partial charge on any atom is -0.481 e. The number of amides is 2. The first kappa shape index (κ1) is 15.1. The van der Waals surface area contributed by atoms with E-state index in [1.165, 1.54) is 6.42 Å². The molecule has 1 N–H and O–H groups in total. The number of carboxylic acid groups (broad SMARTS) is 1. The van der Waals surface area contributed by atoms with Gasteiger partial charge in [-0.05, 0) is 43.9 Å². The van der Waals surface area contributed by atoms with E-state index < -0.39 is 5.97 Å². The van der Waals surface area contributed by atoms with Gasteiger partial charge in [-0.2, -0.15) is 0 Å².